The lowest BCUT2D eigenvalue weighted by Crippen LogP contribution is -2.33. The summed E-state index contributed by atoms with van der Waals surface area (Å²) in [7, 11) is 0. The standard InChI is InChI=1S/C10H23NO2/c1-9(13)7-11-8-10(2,3)5-4-6-12/h9,11-13H,4-8H2,1-3H3/t9-/m0/s1. The Morgan fingerprint density at radius 3 is 2.46 bits per heavy atom. The molecule has 0 saturated carbocycles. The number of hydrogen-bond donors (Lipinski definition) is 3. The molecule has 0 aliphatic rings. The Balaban J connectivity index is 3.50. The van der Waals surface area contributed by atoms with Gasteiger partial charge in [0.05, 0.1) is 6.10 Å². The Bertz CT molecular complexity index is 124. The minimum atomic E-state index is -0.284. The van der Waals surface area contributed by atoms with Crippen molar-refractivity contribution >= 4 is 0 Å². The van der Waals surface area contributed by atoms with Gasteiger partial charge < -0.3 is 15.5 Å². The van der Waals surface area contributed by atoms with E-state index >= 15 is 0 Å². The van der Waals surface area contributed by atoms with E-state index in [9.17, 15) is 0 Å². The Kier molecular flexibility index (Phi) is 6.29. The molecule has 3 heteroatoms. The van der Waals surface area contributed by atoms with Crippen molar-refractivity contribution in [1.29, 1.82) is 0 Å². The monoisotopic (exact) mass is 189 g/mol. The summed E-state index contributed by atoms with van der Waals surface area (Å²) in [5.74, 6) is 0. The molecule has 0 radical (unpaired) electrons. The van der Waals surface area contributed by atoms with Crippen molar-refractivity contribution in [3.63, 3.8) is 0 Å². The second-order valence-corrected chi connectivity index (χ2v) is 4.47. The van der Waals surface area contributed by atoms with Gasteiger partial charge in [0.25, 0.3) is 0 Å². The highest BCUT2D eigenvalue weighted by Gasteiger charge is 2.16. The lowest BCUT2D eigenvalue weighted by molar-refractivity contribution is 0.179. The van der Waals surface area contributed by atoms with Crippen molar-refractivity contribution in [3.05, 3.63) is 0 Å². The Morgan fingerprint density at radius 2 is 2.00 bits per heavy atom. The maximum absolute atomic E-state index is 9.02. The van der Waals surface area contributed by atoms with Gasteiger partial charge in [0, 0.05) is 19.7 Å². The molecule has 0 aliphatic heterocycles. The van der Waals surface area contributed by atoms with Gasteiger partial charge in [0.1, 0.15) is 0 Å². The van der Waals surface area contributed by atoms with E-state index in [1.165, 1.54) is 0 Å². The third-order valence-electron chi connectivity index (χ3n) is 2.05. The van der Waals surface area contributed by atoms with Gasteiger partial charge in [0.15, 0.2) is 0 Å². The molecule has 80 valence electrons. The number of aliphatic hydroxyl groups excluding tert-OH is 2. The van der Waals surface area contributed by atoms with Gasteiger partial charge in [-0.15, -0.1) is 0 Å². The van der Waals surface area contributed by atoms with Gasteiger partial charge in [-0.25, -0.2) is 0 Å². The molecule has 0 amide bonds. The molecule has 0 aliphatic carbocycles. The fraction of sp³-hybridized carbons (Fsp3) is 1.00. The molecule has 3 N–H and O–H groups in total. The summed E-state index contributed by atoms with van der Waals surface area (Å²) >= 11 is 0. The Hall–Kier alpha value is -0.120. The van der Waals surface area contributed by atoms with Gasteiger partial charge in [-0.05, 0) is 25.2 Å². The van der Waals surface area contributed by atoms with Crippen LogP contribution in [0.5, 0.6) is 0 Å². The maximum atomic E-state index is 9.02. The summed E-state index contributed by atoms with van der Waals surface area (Å²) in [6.45, 7) is 7.89. The first-order valence-corrected chi connectivity index (χ1v) is 4.97. The highest BCUT2D eigenvalue weighted by molar-refractivity contribution is 4.71. The third-order valence-corrected chi connectivity index (χ3v) is 2.05. The molecule has 0 rings (SSSR count). The summed E-state index contributed by atoms with van der Waals surface area (Å²) in [6.07, 6.45) is 1.58. The topological polar surface area (TPSA) is 52.5 Å². The van der Waals surface area contributed by atoms with Crippen LogP contribution in [0.4, 0.5) is 0 Å². The van der Waals surface area contributed by atoms with E-state index < -0.39 is 0 Å². The molecule has 0 spiro atoms. The average Bonchev–Trinajstić information content (AvgIpc) is 2.00. The van der Waals surface area contributed by atoms with Crippen molar-refractivity contribution < 1.29 is 10.2 Å². The number of rotatable bonds is 7. The first-order chi connectivity index (χ1) is 5.98. The fourth-order valence-electron chi connectivity index (χ4n) is 1.27. The molecule has 1 atom stereocenters. The molecule has 0 heterocycles. The SMILES string of the molecule is C[C@H](O)CNCC(C)(C)CCCO. The van der Waals surface area contributed by atoms with E-state index in [1.54, 1.807) is 6.92 Å². The van der Waals surface area contributed by atoms with Crippen LogP contribution in [-0.2, 0) is 0 Å². The largest absolute Gasteiger partial charge is 0.396 e. The van der Waals surface area contributed by atoms with E-state index in [1.807, 2.05) is 0 Å². The van der Waals surface area contributed by atoms with Crippen LogP contribution in [0, 0.1) is 5.41 Å². The lowest BCUT2D eigenvalue weighted by atomic mass is 9.88. The fourth-order valence-corrected chi connectivity index (χ4v) is 1.27. The summed E-state index contributed by atoms with van der Waals surface area (Å²) in [6, 6.07) is 0. The zero-order valence-electron chi connectivity index (χ0n) is 9.01. The Morgan fingerprint density at radius 1 is 1.38 bits per heavy atom. The quantitative estimate of drug-likeness (QED) is 0.554. The van der Waals surface area contributed by atoms with Crippen LogP contribution < -0.4 is 5.32 Å². The summed E-state index contributed by atoms with van der Waals surface area (Å²) in [4.78, 5) is 0. The van der Waals surface area contributed by atoms with Crippen LogP contribution >= 0.6 is 0 Å². The Labute approximate surface area is 81.2 Å². The van der Waals surface area contributed by atoms with Crippen molar-refractivity contribution in [2.24, 2.45) is 5.41 Å². The molecule has 0 fully saturated rings. The number of hydrogen-bond acceptors (Lipinski definition) is 3. The highest BCUT2D eigenvalue weighted by Crippen LogP contribution is 2.20. The molecule has 0 aromatic heterocycles. The zero-order valence-corrected chi connectivity index (χ0v) is 9.01. The van der Waals surface area contributed by atoms with E-state index in [4.69, 9.17) is 10.2 Å². The second-order valence-electron chi connectivity index (χ2n) is 4.47. The van der Waals surface area contributed by atoms with Crippen molar-refractivity contribution in [3.8, 4) is 0 Å². The van der Waals surface area contributed by atoms with Crippen LogP contribution in [0.3, 0.4) is 0 Å². The minimum Gasteiger partial charge on any atom is -0.396 e. The zero-order chi connectivity index (χ0) is 10.3. The molecule has 0 bridgehead atoms. The van der Waals surface area contributed by atoms with E-state index in [2.05, 4.69) is 19.2 Å². The summed E-state index contributed by atoms with van der Waals surface area (Å²) in [5.41, 5.74) is 0.206. The second kappa shape index (κ2) is 6.35. The van der Waals surface area contributed by atoms with E-state index in [0.29, 0.717) is 6.54 Å². The first kappa shape index (κ1) is 12.9. The normalized spacial score (nSPS) is 14.5. The smallest absolute Gasteiger partial charge is 0.0636 e. The molecule has 0 aromatic carbocycles. The van der Waals surface area contributed by atoms with Crippen molar-refractivity contribution in [1.82, 2.24) is 5.32 Å². The van der Waals surface area contributed by atoms with Gasteiger partial charge in [0.2, 0.25) is 0 Å². The third kappa shape index (κ3) is 8.22. The molecular formula is C10H23NO2. The van der Waals surface area contributed by atoms with E-state index in [-0.39, 0.29) is 18.1 Å². The van der Waals surface area contributed by atoms with Gasteiger partial charge >= 0.3 is 0 Å². The van der Waals surface area contributed by atoms with Gasteiger partial charge in [-0.2, -0.15) is 0 Å². The van der Waals surface area contributed by atoms with Crippen LogP contribution in [0.25, 0.3) is 0 Å². The molecule has 0 saturated heterocycles. The van der Waals surface area contributed by atoms with Gasteiger partial charge in [-0.3, -0.25) is 0 Å². The van der Waals surface area contributed by atoms with Crippen LogP contribution in [0.2, 0.25) is 0 Å². The number of aliphatic hydroxyl groups is 2. The van der Waals surface area contributed by atoms with Gasteiger partial charge in [-0.1, -0.05) is 13.8 Å². The highest BCUT2D eigenvalue weighted by atomic mass is 16.3. The number of nitrogens with one attached hydrogen (secondary N) is 1. The molecule has 3 nitrogen and oxygen atoms in total. The molecular weight excluding hydrogens is 166 g/mol. The summed E-state index contributed by atoms with van der Waals surface area (Å²) in [5, 5.41) is 20.9. The first-order valence-electron chi connectivity index (χ1n) is 4.97. The van der Waals surface area contributed by atoms with Crippen molar-refractivity contribution in [2.75, 3.05) is 19.7 Å². The van der Waals surface area contributed by atoms with Crippen LogP contribution in [0.1, 0.15) is 33.6 Å². The molecule has 0 aromatic rings. The lowest BCUT2D eigenvalue weighted by Gasteiger charge is -2.25. The van der Waals surface area contributed by atoms with Crippen LogP contribution in [0.15, 0.2) is 0 Å². The van der Waals surface area contributed by atoms with E-state index in [0.717, 1.165) is 19.4 Å². The van der Waals surface area contributed by atoms with Crippen LogP contribution in [-0.4, -0.2) is 36.0 Å². The predicted octanol–water partition coefficient (Wildman–Crippen LogP) is 0.755. The predicted molar refractivity (Wildman–Crippen MR) is 54.7 cm³/mol. The molecule has 13 heavy (non-hydrogen) atoms. The molecule has 0 unspecified atom stereocenters. The summed E-state index contributed by atoms with van der Waals surface area (Å²) < 4.78 is 0. The maximum Gasteiger partial charge on any atom is 0.0636 e. The average molecular weight is 189 g/mol. The minimum absolute atomic E-state index is 0.206. The van der Waals surface area contributed by atoms with Crippen molar-refractivity contribution in [2.45, 2.75) is 39.7 Å².